The number of hydrogen-bond donors (Lipinski definition) is 1. The van der Waals surface area contributed by atoms with Crippen molar-refractivity contribution in [2.24, 2.45) is 5.73 Å². The molecule has 2 N–H and O–H groups in total. The molecule has 29 heavy (non-hydrogen) atoms. The summed E-state index contributed by atoms with van der Waals surface area (Å²) in [5, 5.41) is 0.701. The normalized spacial score (nSPS) is 10.8. The lowest BCUT2D eigenvalue weighted by molar-refractivity contribution is 0.0999. The maximum atomic E-state index is 11.9. The molecular weight excluding hydrogens is 380 g/mol. The quantitative estimate of drug-likeness (QED) is 0.443. The van der Waals surface area contributed by atoms with E-state index in [2.05, 4.69) is 41.0 Å². The Hall–Kier alpha value is -3.30. The SMILES string of the molecule is Cc1c(C(N)=O)cc(-c2ccc(-c3ccccc3)cc2)n1Cc1ccc(Cl)cc1. The molecule has 1 amide bonds. The van der Waals surface area contributed by atoms with Gasteiger partial charge in [-0.1, -0.05) is 78.3 Å². The Labute approximate surface area is 175 Å². The number of primary amides is 1. The largest absolute Gasteiger partial charge is 0.366 e. The van der Waals surface area contributed by atoms with Crippen LogP contribution in [-0.2, 0) is 6.54 Å². The summed E-state index contributed by atoms with van der Waals surface area (Å²) in [6.45, 7) is 2.56. The summed E-state index contributed by atoms with van der Waals surface area (Å²) in [5.41, 5.74) is 12.4. The molecule has 0 aliphatic rings. The van der Waals surface area contributed by atoms with Gasteiger partial charge in [0.15, 0.2) is 0 Å². The van der Waals surface area contributed by atoms with E-state index in [1.54, 1.807) is 0 Å². The predicted molar refractivity (Wildman–Crippen MR) is 119 cm³/mol. The second-order valence-electron chi connectivity index (χ2n) is 7.05. The maximum Gasteiger partial charge on any atom is 0.250 e. The van der Waals surface area contributed by atoms with E-state index in [0.29, 0.717) is 17.1 Å². The first-order valence-corrected chi connectivity index (χ1v) is 9.81. The molecule has 0 saturated heterocycles. The van der Waals surface area contributed by atoms with Crippen LogP contribution in [0.25, 0.3) is 22.4 Å². The van der Waals surface area contributed by atoms with Crippen molar-refractivity contribution in [1.29, 1.82) is 0 Å². The smallest absolute Gasteiger partial charge is 0.250 e. The molecule has 0 radical (unpaired) electrons. The summed E-state index contributed by atoms with van der Waals surface area (Å²) in [5.74, 6) is -0.417. The number of carbonyl (C=O) groups is 1. The van der Waals surface area contributed by atoms with Crippen LogP contribution in [0.2, 0.25) is 5.02 Å². The van der Waals surface area contributed by atoms with Crippen molar-refractivity contribution in [1.82, 2.24) is 4.57 Å². The second-order valence-corrected chi connectivity index (χ2v) is 7.49. The topological polar surface area (TPSA) is 48.0 Å². The van der Waals surface area contributed by atoms with Crippen LogP contribution in [0.1, 0.15) is 21.6 Å². The van der Waals surface area contributed by atoms with Gasteiger partial charge in [0, 0.05) is 23.0 Å². The number of aromatic nitrogens is 1. The minimum Gasteiger partial charge on any atom is -0.366 e. The number of nitrogens with zero attached hydrogens (tertiary/aromatic N) is 1. The minimum atomic E-state index is -0.417. The molecule has 0 bridgehead atoms. The number of nitrogens with two attached hydrogens (primary N) is 1. The molecule has 0 unspecified atom stereocenters. The first kappa shape index (κ1) is 19.0. The number of rotatable bonds is 5. The van der Waals surface area contributed by atoms with Crippen molar-refractivity contribution in [3.05, 3.63) is 107 Å². The van der Waals surface area contributed by atoms with Crippen LogP contribution in [0.15, 0.2) is 84.9 Å². The molecule has 4 heteroatoms. The van der Waals surface area contributed by atoms with Crippen LogP contribution in [0.5, 0.6) is 0 Å². The molecule has 1 heterocycles. The Kier molecular flexibility index (Phi) is 5.24. The highest BCUT2D eigenvalue weighted by atomic mass is 35.5. The number of benzene rings is 3. The van der Waals surface area contributed by atoms with E-state index < -0.39 is 5.91 Å². The zero-order valence-corrected chi connectivity index (χ0v) is 16.9. The number of halogens is 1. The number of amides is 1. The minimum absolute atomic E-state index is 0.417. The molecule has 3 nitrogen and oxygen atoms in total. The van der Waals surface area contributed by atoms with E-state index in [1.165, 1.54) is 5.56 Å². The lowest BCUT2D eigenvalue weighted by atomic mass is 10.0. The van der Waals surface area contributed by atoms with Crippen molar-refractivity contribution >= 4 is 17.5 Å². The highest BCUT2D eigenvalue weighted by molar-refractivity contribution is 6.30. The summed E-state index contributed by atoms with van der Waals surface area (Å²) < 4.78 is 2.13. The third-order valence-corrected chi connectivity index (χ3v) is 5.43. The lowest BCUT2D eigenvalue weighted by Gasteiger charge is -2.13. The van der Waals surface area contributed by atoms with Crippen LogP contribution in [0.4, 0.5) is 0 Å². The molecule has 0 atom stereocenters. The number of hydrogen-bond acceptors (Lipinski definition) is 1. The molecule has 0 aliphatic carbocycles. The van der Waals surface area contributed by atoms with Gasteiger partial charge in [-0.05, 0) is 47.4 Å². The van der Waals surface area contributed by atoms with Gasteiger partial charge in [0.05, 0.1) is 5.56 Å². The number of carbonyl (C=O) groups excluding carboxylic acids is 1. The Morgan fingerprint density at radius 3 is 2.07 bits per heavy atom. The van der Waals surface area contributed by atoms with Crippen LogP contribution >= 0.6 is 11.6 Å². The van der Waals surface area contributed by atoms with Gasteiger partial charge in [-0.25, -0.2) is 0 Å². The van der Waals surface area contributed by atoms with Crippen LogP contribution in [-0.4, -0.2) is 10.5 Å². The molecule has 0 aliphatic heterocycles. The zero-order chi connectivity index (χ0) is 20.4. The molecule has 1 aromatic heterocycles. The van der Waals surface area contributed by atoms with Crippen LogP contribution in [0, 0.1) is 6.92 Å². The highest BCUT2D eigenvalue weighted by Crippen LogP contribution is 2.29. The van der Waals surface area contributed by atoms with E-state index >= 15 is 0 Å². The first-order valence-electron chi connectivity index (χ1n) is 9.43. The summed E-state index contributed by atoms with van der Waals surface area (Å²) >= 11 is 6.02. The fourth-order valence-electron chi connectivity index (χ4n) is 3.57. The molecule has 0 fully saturated rings. The Bertz CT molecular complexity index is 1140. The zero-order valence-electron chi connectivity index (χ0n) is 16.1. The molecule has 4 rings (SSSR count). The second kappa shape index (κ2) is 7.98. The van der Waals surface area contributed by atoms with Crippen molar-refractivity contribution < 1.29 is 4.79 Å². The highest BCUT2D eigenvalue weighted by Gasteiger charge is 2.17. The van der Waals surface area contributed by atoms with Gasteiger partial charge in [0.1, 0.15) is 0 Å². The average Bonchev–Trinajstić information content (AvgIpc) is 3.07. The van der Waals surface area contributed by atoms with E-state index in [4.69, 9.17) is 17.3 Å². The summed E-state index contributed by atoms with van der Waals surface area (Å²) in [6.07, 6.45) is 0. The average molecular weight is 401 g/mol. The molecule has 0 saturated carbocycles. The van der Waals surface area contributed by atoms with Gasteiger partial charge < -0.3 is 10.3 Å². The van der Waals surface area contributed by atoms with E-state index in [1.807, 2.05) is 55.5 Å². The van der Waals surface area contributed by atoms with Crippen molar-refractivity contribution in [2.75, 3.05) is 0 Å². The molecular formula is C25H21ClN2O. The monoisotopic (exact) mass is 400 g/mol. The van der Waals surface area contributed by atoms with Crippen molar-refractivity contribution in [3.8, 4) is 22.4 Å². The molecule has 0 spiro atoms. The lowest BCUT2D eigenvalue weighted by Crippen LogP contribution is -2.12. The van der Waals surface area contributed by atoms with Crippen molar-refractivity contribution in [3.63, 3.8) is 0 Å². The Morgan fingerprint density at radius 2 is 1.45 bits per heavy atom. The van der Waals surface area contributed by atoms with E-state index in [0.717, 1.165) is 28.1 Å². The fraction of sp³-hybridized carbons (Fsp3) is 0.0800. The summed E-state index contributed by atoms with van der Waals surface area (Å²) in [4.78, 5) is 11.9. The Morgan fingerprint density at radius 1 is 0.862 bits per heavy atom. The fourth-order valence-corrected chi connectivity index (χ4v) is 3.70. The van der Waals surface area contributed by atoms with E-state index in [-0.39, 0.29) is 0 Å². The van der Waals surface area contributed by atoms with Gasteiger partial charge in [0.25, 0.3) is 5.91 Å². The van der Waals surface area contributed by atoms with Crippen LogP contribution in [0.3, 0.4) is 0 Å². The predicted octanol–water partition coefficient (Wildman–Crippen LogP) is 5.93. The summed E-state index contributed by atoms with van der Waals surface area (Å²) in [7, 11) is 0. The summed E-state index contributed by atoms with van der Waals surface area (Å²) in [6, 6.07) is 28.2. The van der Waals surface area contributed by atoms with Crippen LogP contribution < -0.4 is 5.73 Å². The molecule has 144 valence electrons. The Balaban J connectivity index is 1.75. The van der Waals surface area contributed by atoms with Gasteiger partial charge >= 0.3 is 0 Å². The van der Waals surface area contributed by atoms with Gasteiger partial charge in [-0.15, -0.1) is 0 Å². The van der Waals surface area contributed by atoms with Crippen molar-refractivity contribution in [2.45, 2.75) is 13.5 Å². The standard InChI is InChI=1S/C25H21ClN2O/c1-17-23(25(27)29)15-24(28(17)16-18-7-13-22(26)14-8-18)21-11-9-20(10-12-21)19-5-3-2-4-6-19/h2-15H,16H2,1H3,(H2,27,29). The van der Waals surface area contributed by atoms with Gasteiger partial charge in [0.2, 0.25) is 0 Å². The first-order chi connectivity index (χ1) is 14.0. The third kappa shape index (κ3) is 3.96. The molecule has 4 aromatic rings. The maximum absolute atomic E-state index is 11.9. The van der Waals surface area contributed by atoms with Gasteiger partial charge in [-0.2, -0.15) is 0 Å². The third-order valence-electron chi connectivity index (χ3n) is 5.17. The van der Waals surface area contributed by atoms with E-state index in [9.17, 15) is 4.79 Å². The van der Waals surface area contributed by atoms with Gasteiger partial charge in [-0.3, -0.25) is 4.79 Å². The molecule has 3 aromatic carbocycles.